The lowest BCUT2D eigenvalue weighted by Crippen LogP contribution is -2.05. The molecule has 0 aliphatic rings. The SMILES string of the molecule is CCc1ccsc1CNc1cc(Cl)nc(COC)n1. The second-order valence-corrected chi connectivity index (χ2v) is 5.39. The first-order valence-electron chi connectivity index (χ1n) is 6.04. The lowest BCUT2D eigenvalue weighted by atomic mass is 10.2. The van der Waals surface area contributed by atoms with E-state index < -0.39 is 0 Å². The first kappa shape index (κ1) is 14.2. The van der Waals surface area contributed by atoms with Crippen molar-refractivity contribution in [2.75, 3.05) is 12.4 Å². The van der Waals surface area contributed by atoms with Crippen LogP contribution in [0, 0.1) is 0 Å². The molecule has 0 aromatic carbocycles. The van der Waals surface area contributed by atoms with Crippen LogP contribution >= 0.6 is 22.9 Å². The minimum absolute atomic E-state index is 0.356. The molecule has 4 nitrogen and oxygen atoms in total. The van der Waals surface area contributed by atoms with E-state index in [9.17, 15) is 0 Å². The zero-order valence-corrected chi connectivity index (χ0v) is 12.5. The van der Waals surface area contributed by atoms with Crippen LogP contribution in [0.15, 0.2) is 17.5 Å². The third kappa shape index (κ3) is 3.89. The van der Waals surface area contributed by atoms with E-state index in [0.717, 1.165) is 18.8 Å². The highest BCUT2D eigenvalue weighted by Crippen LogP contribution is 2.19. The first-order chi connectivity index (χ1) is 9.22. The number of halogens is 1. The van der Waals surface area contributed by atoms with E-state index in [1.165, 1.54) is 10.4 Å². The fourth-order valence-electron chi connectivity index (χ4n) is 1.76. The van der Waals surface area contributed by atoms with Gasteiger partial charge in [0.2, 0.25) is 0 Å². The molecule has 0 amide bonds. The Morgan fingerprint density at radius 2 is 2.26 bits per heavy atom. The quantitative estimate of drug-likeness (QED) is 0.829. The molecule has 2 aromatic heterocycles. The van der Waals surface area contributed by atoms with Gasteiger partial charge in [0.15, 0.2) is 5.82 Å². The molecular formula is C13H16ClN3OS. The summed E-state index contributed by atoms with van der Waals surface area (Å²) in [5, 5.41) is 5.81. The molecule has 0 saturated carbocycles. The van der Waals surface area contributed by atoms with Crippen LogP contribution in [0.1, 0.15) is 23.2 Å². The van der Waals surface area contributed by atoms with Gasteiger partial charge in [0, 0.05) is 18.1 Å². The summed E-state index contributed by atoms with van der Waals surface area (Å²) in [6, 6.07) is 3.88. The van der Waals surface area contributed by atoms with Crippen molar-refractivity contribution < 1.29 is 4.74 Å². The fraction of sp³-hybridized carbons (Fsp3) is 0.385. The molecule has 102 valence electrons. The van der Waals surface area contributed by atoms with Crippen LogP contribution < -0.4 is 5.32 Å². The summed E-state index contributed by atoms with van der Waals surface area (Å²) in [5.74, 6) is 1.31. The predicted molar refractivity (Wildman–Crippen MR) is 78.8 cm³/mol. The van der Waals surface area contributed by atoms with Crippen molar-refractivity contribution in [3.63, 3.8) is 0 Å². The van der Waals surface area contributed by atoms with Gasteiger partial charge in [-0.1, -0.05) is 18.5 Å². The van der Waals surface area contributed by atoms with Crippen molar-refractivity contribution in [3.05, 3.63) is 38.9 Å². The second kappa shape index (κ2) is 6.84. The van der Waals surface area contributed by atoms with Gasteiger partial charge in [0.05, 0.1) is 6.54 Å². The van der Waals surface area contributed by atoms with Gasteiger partial charge in [-0.15, -0.1) is 11.3 Å². The summed E-state index contributed by atoms with van der Waals surface area (Å²) in [6.07, 6.45) is 1.04. The molecule has 2 rings (SSSR count). The molecule has 1 N–H and O–H groups in total. The smallest absolute Gasteiger partial charge is 0.158 e. The third-order valence-electron chi connectivity index (χ3n) is 2.66. The fourth-order valence-corrected chi connectivity index (χ4v) is 2.87. The molecule has 0 atom stereocenters. The van der Waals surface area contributed by atoms with Gasteiger partial charge in [-0.05, 0) is 23.4 Å². The lowest BCUT2D eigenvalue weighted by molar-refractivity contribution is 0.178. The number of ether oxygens (including phenoxy) is 1. The Kier molecular flexibility index (Phi) is 5.13. The Morgan fingerprint density at radius 3 is 3.00 bits per heavy atom. The summed E-state index contributed by atoms with van der Waals surface area (Å²) in [7, 11) is 1.61. The molecule has 0 bridgehead atoms. The number of nitrogens with one attached hydrogen (secondary N) is 1. The van der Waals surface area contributed by atoms with Gasteiger partial charge < -0.3 is 10.1 Å². The van der Waals surface area contributed by atoms with Gasteiger partial charge >= 0.3 is 0 Å². The van der Waals surface area contributed by atoms with Crippen LogP contribution in [0.4, 0.5) is 5.82 Å². The normalized spacial score (nSPS) is 10.7. The van der Waals surface area contributed by atoms with Crippen molar-refractivity contribution in [3.8, 4) is 0 Å². The Hall–Kier alpha value is -1.17. The summed E-state index contributed by atoms with van der Waals surface area (Å²) >= 11 is 7.71. The second-order valence-electron chi connectivity index (χ2n) is 4.00. The van der Waals surface area contributed by atoms with Gasteiger partial charge in [0.1, 0.15) is 17.6 Å². The number of aromatic nitrogens is 2. The first-order valence-corrected chi connectivity index (χ1v) is 7.30. The van der Waals surface area contributed by atoms with E-state index in [1.54, 1.807) is 24.5 Å². The number of aryl methyl sites for hydroxylation is 1. The molecule has 0 unspecified atom stereocenters. The maximum atomic E-state index is 5.96. The third-order valence-corrected chi connectivity index (χ3v) is 3.82. The highest BCUT2D eigenvalue weighted by atomic mass is 35.5. The number of anilines is 1. The van der Waals surface area contributed by atoms with Crippen molar-refractivity contribution in [2.45, 2.75) is 26.5 Å². The standard InChI is InChI=1S/C13H16ClN3OS/c1-3-9-4-5-19-10(9)7-15-12-6-11(14)16-13(17-12)8-18-2/h4-6H,3,7-8H2,1-2H3,(H,15,16,17). The number of hydrogen-bond donors (Lipinski definition) is 1. The van der Waals surface area contributed by atoms with E-state index in [4.69, 9.17) is 16.3 Å². The molecular weight excluding hydrogens is 282 g/mol. The molecule has 6 heteroatoms. The van der Waals surface area contributed by atoms with Crippen LogP contribution in [0.3, 0.4) is 0 Å². The van der Waals surface area contributed by atoms with Crippen molar-refractivity contribution in [1.29, 1.82) is 0 Å². The zero-order chi connectivity index (χ0) is 13.7. The maximum Gasteiger partial charge on any atom is 0.158 e. The van der Waals surface area contributed by atoms with Gasteiger partial charge in [0.25, 0.3) is 0 Å². The predicted octanol–water partition coefficient (Wildman–Crippen LogP) is 3.51. The van der Waals surface area contributed by atoms with Crippen LogP contribution in [0.2, 0.25) is 5.15 Å². The molecule has 0 spiro atoms. The van der Waals surface area contributed by atoms with E-state index in [1.807, 2.05) is 0 Å². The summed E-state index contributed by atoms with van der Waals surface area (Å²) < 4.78 is 5.02. The molecule has 2 aromatic rings. The van der Waals surface area contributed by atoms with E-state index in [-0.39, 0.29) is 0 Å². The summed E-state index contributed by atoms with van der Waals surface area (Å²) in [5.41, 5.74) is 1.37. The topological polar surface area (TPSA) is 47.0 Å². The Balaban J connectivity index is 2.06. The molecule has 0 fully saturated rings. The Labute approximate surface area is 121 Å². The summed E-state index contributed by atoms with van der Waals surface area (Å²) in [6.45, 7) is 3.26. The maximum absolute atomic E-state index is 5.96. The Bertz CT molecular complexity index is 544. The van der Waals surface area contributed by atoms with Crippen LogP contribution in [0.25, 0.3) is 0 Å². The number of hydrogen-bond acceptors (Lipinski definition) is 5. The minimum Gasteiger partial charge on any atom is -0.377 e. The molecule has 0 radical (unpaired) electrons. The molecule has 19 heavy (non-hydrogen) atoms. The number of rotatable bonds is 6. The summed E-state index contributed by atoms with van der Waals surface area (Å²) in [4.78, 5) is 9.77. The number of methoxy groups -OCH3 is 1. The average molecular weight is 298 g/mol. The minimum atomic E-state index is 0.356. The molecule has 0 aliphatic carbocycles. The number of nitrogens with zero attached hydrogens (tertiary/aromatic N) is 2. The largest absolute Gasteiger partial charge is 0.377 e. The zero-order valence-electron chi connectivity index (χ0n) is 10.9. The highest BCUT2D eigenvalue weighted by molar-refractivity contribution is 7.10. The van der Waals surface area contributed by atoms with E-state index in [2.05, 4.69) is 33.7 Å². The number of thiophene rings is 1. The van der Waals surface area contributed by atoms with Gasteiger partial charge in [-0.2, -0.15) is 0 Å². The highest BCUT2D eigenvalue weighted by Gasteiger charge is 2.05. The molecule has 0 aliphatic heterocycles. The van der Waals surface area contributed by atoms with E-state index >= 15 is 0 Å². The van der Waals surface area contributed by atoms with Crippen LogP contribution in [-0.4, -0.2) is 17.1 Å². The Morgan fingerprint density at radius 1 is 1.42 bits per heavy atom. The van der Waals surface area contributed by atoms with Crippen molar-refractivity contribution in [1.82, 2.24) is 9.97 Å². The van der Waals surface area contributed by atoms with Gasteiger partial charge in [-0.25, -0.2) is 9.97 Å². The van der Waals surface area contributed by atoms with Crippen molar-refractivity contribution >= 4 is 28.8 Å². The molecule has 2 heterocycles. The monoisotopic (exact) mass is 297 g/mol. The average Bonchev–Trinajstić information content (AvgIpc) is 2.83. The lowest BCUT2D eigenvalue weighted by Gasteiger charge is -2.08. The van der Waals surface area contributed by atoms with Crippen molar-refractivity contribution in [2.24, 2.45) is 0 Å². The molecule has 0 saturated heterocycles. The van der Waals surface area contributed by atoms with Gasteiger partial charge in [-0.3, -0.25) is 0 Å². The van der Waals surface area contributed by atoms with Crippen LogP contribution in [0.5, 0.6) is 0 Å². The van der Waals surface area contributed by atoms with E-state index in [0.29, 0.717) is 17.6 Å². The van der Waals surface area contributed by atoms with Crippen LogP contribution in [-0.2, 0) is 24.3 Å².